The summed E-state index contributed by atoms with van der Waals surface area (Å²) >= 11 is 2.35. The summed E-state index contributed by atoms with van der Waals surface area (Å²) in [6.45, 7) is 2.13. The van der Waals surface area contributed by atoms with Crippen molar-refractivity contribution in [1.82, 2.24) is 0 Å². The van der Waals surface area contributed by atoms with Crippen LogP contribution in [0, 0.1) is 10.5 Å². The Labute approximate surface area is 189 Å². The molecule has 2 heterocycles. The average molecular weight is 503 g/mol. The van der Waals surface area contributed by atoms with Crippen LogP contribution in [0.5, 0.6) is 23.0 Å². The summed E-state index contributed by atoms with van der Waals surface area (Å²) in [5.74, 6) is 3.49. The Balaban J connectivity index is 1.69. The van der Waals surface area contributed by atoms with E-state index in [1.807, 2.05) is 24.3 Å². The molecule has 0 saturated heterocycles. The van der Waals surface area contributed by atoms with Gasteiger partial charge in [0.25, 0.3) is 0 Å². The van der Waals surface area contributed by atoms with Crippen molar-refractivity contribution < 1.29 is 9.47 Å². The third kappa shape index (κ3) is 2.70. The summed E-state index contributed by atoms with van der Waals surface area (Å²) in [5.41, 5.74) is 6.72. The van der Waals surface area contributed by atoms with Crippen LogP contribution < -0.4 is 14.4 Å². The van der Waals surface area contributed by atoms with Gasteiger partial charge in [-0.15, -0.1) is 0 Å². The molecule has 146 valence electrons. The molecule has 4 aromatic carbocycles. The van der Waals surface area contributed by atoms with Crippen LogP contribution in [0.25, 0.3) is 0 Å². The molecule has 0 saturated carbocycles. The van der Waals surface area contributed by atoms with Crippen LogP contribution in [0.3, 0.4) is 0 Å². The minimum atomic E-state index is 0.765. The van der Waals surface area contributed by atoms with Crippen molar-refractivity contribution >= 4 is 39.7 Å². The summed E-state index contributed by atoms with van der Waals surface area (Å²) in [5, 5.41) is 0. The van der Waals surface area contributed by atoms with Gasteiger partial charge >= 0.3 is 0 Å². The van der Waals surface area contributed by atoms with Gasteiger partial charge < -0.3 is 14.4 Å². The number of fused-ring (bicyclic) bond motifs is 2. The fourth-order valence-electron chi connectivity index (χ4n) is 4.32. The second kappa shape index (κ2) is 6.77. The molecule has 0 unspecified atom stereocenters. The van der Waals surface area contributed by atoms with Crippen molar-refractivity contribution in [3.05, 3.63) is 99.1 Å². The minimum Gasteiger partial charge on any atom is -0.457 e. The van der Waals surface area contributed by atoms with Crippen molar-refractivity contribution in [3.63, 3.8) is 0 Å². The lowest BCUT2D eigenvalue weighted by atomic mass is 9.96. The van der Waals surface area contributed by atoms with E-state index in [1.54, 1.807) is 0 Å². The molecule has 0 fully saturated rings. The highest BCUT2D eigenvalue weighted by Gasteiger charge is 2.28. The molecule has 2 aliphatic heterocycles. The van der Waals surface area contributed by atoms with Gasteiger partial charge in [0.1, 0.15) is 23.0 Å². The maximum atomic E-state index is 6.43. The fraction of sp³-hybridized carbons (Fsp3) is 0.0769. The van der Waals surface area contributed by atoms with Gasteiger partial charge in [-0.05, 0) is 90.2 Å². The van der Waals surface area contributed by atoms with Crippen molar-refractivity contribution in [2.45, 2.75) is 13.3 Å². The van der Waals surface area contributed by atoms with E-state index in [4.69, 9.17) is 9.47 Å². The van der Waals surface area contributed by atoms with Crippen molar-refractivity contribution in [2.75, 3.05) is 4.90 Å². The smallest absolute Gasteiger partial charge is 0.134 e. The van der Waals surface area contributed by atoms with E-state index in [1.165, 1.54) is 9.13 Å². The number of ether oxygens (including phenoxy) is 2. The predicted octanol–water partition coefficient (Wildman–Crippen LogP) is 7.87. The number of benzene rings is 4. The summed E-state index contributed by atoms with van der Waals surface area (Å²) in [7, 11) is 0. The maximum Gasteiger partial charge on any atom is 0.134 e. The second-order valence-corrected chi connectivity index (χ2v) is 8.83. The molecule has 3 nitrogen and oxygen atoms in total. The van der Waals surface area contributed by atoms with Crippen LogP contribution in [-0.4, -0.2) is 0 Å². The molecule has 0 atom stereocenters. The maximum absolute atomic E-state index is 6.43. The highest BCUT2D eigenvalue weighted by atomic mass is 127. The lowest BCUT2D eigenvalue weighted by molar-refractivity contribution is 0.435. The lowest BCUT2D eigenvalue weighted by Gasteiger charge is -2.33. The quantitative estimate of drug-likeness (QED) is 0.213. The van der Waals surface area contributed by atoms with E-state index >= 15 is 0 Å². The first-order valence-corrected chi connectivity index (χ1v) is 11.0. The molecule has 6 rings (SSSR count). The molecule has 0 aromatic heterocycles. The van der Waals surface area contributed by atoms with E-state index in [2.05, 4.69) is 89.0 Å². The molecule has 0 amide bonds. The van der Waals surface area contributed by atoms with Crippen molar-refractivity contribution in [1.29, 1.82) is 0 Å². The van der Waals surface area contributed by atoms with Gasteiger partial charge in [-0.2, -0.15) is 0 Å². The minimum absolute atomic E-state index is 0.765. The molecule has 0 N–H and O–H groups in total. The number of halogens is 1. The molecular formula is C26H18INO2. The molecule has 0 spiro atoms. The topological polar surface area (TPSA) is 21.7 Å². The van der Waals surface area contributed by atoms with E-state index in [-0.39, 0.29) is 0 Å². The molecule has 0 radical (unpaired) electrons. The zero-order chi connectivity index (χ0) is 20.2. The normalized spacial score (nSPS) is 13.3. The molecule has 0 aliphatic carbocycles. The summed E-state index contributed by atoms with van der Waals surface area (Å²) < 4.78 is 14.0. The molecular weight excluding hydrogens is 485 g/mol. The first-order chi connectivity index (χ1) is 14.7. The van der Waals surface area contributed by atoms with E-state index in [0.29, 0.717) is 0 Å². The van der Waals surface area contributed by atoms with Gasteiger partial charge in [-0.1, -0.05) is 18.2 Å². The zero-order valence-electron chi connectivity index (χ0n) is 16.4. The van der Waals surface area contributed by atoms with Gasteiger partial charge in [0.05, 0.1) is 11.4 Å². The van der Waals surface area contributed by atoms with Crippen LogP contribution in [0.4, 0.5) is 17.1 Å². The Morgan fingerprint density at radius 2 is 1.23 bits per heavy atom. The second-order valence-electron chi connectivity index (χ2n) is 7.58. The molecule has 4 heteroatoms. The average Bonchev–Trinajstić information content (AvgIpc) is 2.76. The van der Waals surface area contributed by atoms with Crippen LogP contribution in [0.2, 0.25) is 0 Å². The van der Waals surface area contributed by atoms with Gasteiger partial charge in [0.2, 0.25) is 0 Å². The molecule has 4 aromatic rings. The molecule has 2 aliphatic rings. The standard InChI is InChI=1S/C26H18INO2/c1-16-21-5-2-7-23(16)29-25-9-4-10-26-20(25)15-19-22(6-3-8-24(19)30-26)28(21)18-13-11-17(27)12-14-18/h2-14H,15H2,1H3. The van der Waals surface area contributed by atoms with Crippen molar-refractivity contribution in [2.24, 2.45) is 0 Å². The van der Waals surface area contributed by atoms with Crippen LogP contribution in [0.1, 0.15) is 16.7 Å². The van der Waals surface area contributed by atoms with E-state index in [0.717, 1.165) is 57.6 Å². The molecule has 4 bridgehead atoms. The van der Waals surface area contributed by atoms with Crippen LogP contribution in [-0.2, 0) is 6.42 Å². The number of anilines is 3. The fourth-order valence-corrected chi connectivity index (χ4v) is 4.67. The Morgan fingerprint density at radius 3 is 1.97 bits per heavy atom. The van der Waals surface area contributed by atoms with Gasteiger partial charge in [-0.3, -0.25) is 0 Å². The third-order valence-corrected chi connectivity index (χ3v) is 6.53. The third-order valence-electron chi connectivity index (χ3n) is 5.81. The monoisotopic (exact) mass is 503 g/mol. The summed E-state index contributed by atoms with van der Waals surface area (Å²) in [6, 6.07) is 27.2. The highest BCUT2D eigenvalue weighted by molar-refractivity contribution is 14.1. The summed E-state index contributed by atoms with van der Waals surface area (Å²) in [6.07, 6.45) is 0.765. The first-order valence-electron chi connectivity index (χ1n) is 9.94. The predicted molar refractivity (Wildman–Crippen MR) is 128 cm³/mol. The van der Waals surface area contributed by atoms with Crippen LogP contribution >= 0.6 is 22.6 Å². The Bertz CT molecular complexity index is 1300. The van der Waals surface area contributed by atoms with E-state index in [9.17, 15) is 0 Å². The van der Waals surface area contributed by atoms with Crippen molar-refractivity contribution in [3.8, 4) is 23.0 Å². The zero-order valence-corrected chi connectivity index (χ0v) is 18.5. The number of nitrogens with zero attached hydrogens (tertiary/aromatic N) is 1. The number of rotatable bonds is 1. The lowest BCUT2D eigenvalue weighted by Crippen LogP contribution is -2.17. The summed E-state index contributed by atoms with van der Waals surface area (Å²) in [4.78, 5) is 2.32. The Morgan fingerprint density at radius 1 is 0.667 bits per heavy atom. The Kier molecular flexibility index (Phi) is 4.03. The van der Waals surface area contributed by atoms with Crippen LogP contribution in [0.15, 0.2) is 78.9 Å². The highest BCUT2D eigenvalue weighted by Crippen LogP contribution is 2.50. The Hall–Kier alpha value is -2.99. The first kappa shape index (κ1) is 17.8. The van der Waals surface area contributed by atoms with Gasteiger partial charge in [-0.25, -0.2) is 0 Å². The molecule has 30 heavy (non-hydrogen) atoms. The van der Waals surface area contributed by atoms with Gasteiger partial charge in [0.15, 0.2) is 0 Å². The number of hydrogen-bond donors (Lipinski definition) is 0. The SMILES string of the molecule is Cc1c2cccc1N(c1ccc(I)cc1)c1cccc3c1Cc1c(cccc1O3)O2. The number of hydrogen-bond acceptors (Lipinski definition) is 3. The largest absolute Gasteiger partial charge is 0.457 e. The van der Waals surface area contributed by atoms with Gasteiger partial charge in [0, 0.05) is 32.4 Å². The van der Waals surface area contributed by atoms with E-state index < -0.39 is 0 Å².